The number of nitrogens with two attached hydrogens (primary N) is 1. The van der Waals surface area contributed by atoms with Crippen molar-refractivity contribution in [3.8, 4) is 5.75 Å². The Morgan fingerprint density at radius 1 is 1.54 bits per heavy atom. The zero-order valence-electron chi connectivity index (χ0n) is 6.90. The highest BCUT2D eigenvalue weighted by Crippen LogP contribution is 2.36. The van der Waals surface area contributed by atoms with E-state index in [1.807, 2.05) is 18.2 Å². The lowest BCUT2D eigenvalue weighted by atomic mass is 10.1. The summed E-state index contributed by atoms with van der Waals surface area (Å²) in [4.78, 5) is 0. The average Bonchev–Trinajstić information content (AvgIpc) is 2.42. The Hall–Kier alpha value is -0.580. The van der Waals surface area contributed by atoms with E-state index in [0.29, 0.717) is 0 Å². The molecule has 2 rings (SSSR count). The normalized spacial score (nSPS) is 25.5. The van der Waals surface area contributed by atoms with Crippen LogP contribution in [0, 0.1) is 0 Å². The summed E-state index contributed by atoms with van der Waals surface area (Å²) >= 11 is 3.34. The predicted octanol–water partition coefficient (Wildman–Crippen LogP) is 1.20. The molecule has 0 radical (unpaired) electrons. The molecule has 0 bridgehead atoms. The Labute approximate surface area is 84.6 Å². The van der Waals surface area contributed by atoms with Gasteiger partial charge < -0.3 is 15.6 Å². The quantitative estimate of drug-likeness (QED) is 0.780. The molecule has 3 nitrogen and oxygen atoms in total. The first-order valence-electron chi connectivity index (χ1n) is 4.05. The Balaban J connectivity index is 2.38. The first kappa shape index (κ1) is 8.99. The minimum Gasteiger partial charge on any atom is -0.486 e. The number of hydrogen-bond donors (Lipinski definition) is 2. The molecule has 0 spiro atoms. The van der Waals surface area contributed by atoms with E-state index in [0.717, 1.165) is 15.8 Å². The van der Waals surface area contributed by atoms with Crippen LogP contribution in [-0.4, -0.2) is 17.8 Å². The summed E-state index contributed by atoms with van der Waals surface area (Å²) in [6.45, 7) is -0.0481. The molecular weight excluding hydrogens is 234 g/mol. The molecule has 13 heavy (non-hydrogen) atoms. The largest absolute Gasteiger partial charge is 0.486 e. The zero-order chi connectivity index (χ0) is 9.42. The van der Waals surface area contributed by atoms with Gasteiger partial charge in [-0.15, -0.1) is 0 Å². The standard InChI is InChI=1S/C9H10BrNO2/c10-5-1-2-6-7(3-5)13-8(4-12)9(6)11/h1-3,8-9,12H,4,11H2. The molecule has 0 amide bonds. The van der Waals surface area contributed by atoms with Crippen molar-refractivity contribution in [2.45, 2.75) is 12.1 Å². The zero-order valence-corrected chi connectivity index (χ0v) is 8.49. The monoisotopic (exact) mass is 243 g/mol. The van der Waals surface area contributed by atoms with Gasteiger partial charge in [0.2, 0.25) is 0 Å². The molecule has 0 fully saturated rings. The second-order valence-corrected chi connectivity index (χ2v) is 3.96. The number of hydrogen-bond acceptors (Lipinski definition) is 3. The maximum Gasteiger partial charge on any atom is 0.141 e. The van der Waals surface area contributed by atoms with Crippen molar-refractivity contribution in [1.29, 1.82) is 0 Å². The van der Waals surface area contributed by atoms with Crippen LogP contribution in [0.4, 0.5) is 0 Å². The van der Waals surface area contributed by atoms with Gasteiger partial charge in [0.15, 0.2) is 0 Å². The molecule has 4 heteroatoms. The van der Waals surface area contributed by atoms with Gasteiger partial charge in [0.25, 0.3) is 0 Å². The van der Waals surface area contributed by atoms with E-state index in [9.17, 15) is 0 Å². The SMILES string of the molecule is NC1c2ccc(Br)cc2OC1CO. The van der Waals surface area contributed by atoms with Gasteiger partial charge in [0, 0.05) is 10.0 Å². The number of aliphatic hydroxyl groups is 1. The van der Waals surface area contributed by atoms with Crippen LogP contribution < -0.4 is 10.5 Å². The van der Waals surface area contributed by atoms with E-state index in [2.05, 4.69) is 15.9 Å². The van der Waals surface area contributed by atoms with Crippen molar-refractivity contribution in [2.75, 3.05) is 6.61 Å². The van der Waals surface area contributed by atoms with Gasteiger partial charge in [-0.3, -0.25) is 0 Å². The van der Waals surface area contributed by atoms with Crippen LogP contribution in [0.2, 0.25) is 0 Å². The van der Waals surface area contributed by atoms with E-state index in [4.69, 9.17) is 15.6 Å². The third kappa shape index (κ3) is 1.45. The molecule has 1 aliphatic rings. The number of aliphatic hydroxyl groups excluding tert-OH is 1. The van der Waals surface area contributed by atoms with Gasteiger partial charge in [0.05, 0.1) is 12.6 Å². The fourth-order valence-corrected chi connectivity index (χ4v) is 1.81. The summed E-state index contributed by atoms with van der Waals surface area (Å²) in [5, 5.41) is 8.96. The lowest BCUT2D eigenvalue weighted by molar-refractivity contribution is 0.117. The van der Waals surface area contributed by atoms with Crippen LogP contribution in [-0.2, 0) is 0 Å². The maximum absolute atomic E-state index is 8.96. The van der Waals surface area contributed by atoms with E-state index in [1.54, 1.807) is 0 Å². The van der Waals surface area contributed by atoms with Gasteiger partial charge in [-0.25, -0.2) is 0 Å². The average molecular weight is 244 g/mol. The van der Waals surface area contributed by atoms with Crippen molar-refractivity contribution < 1.29 is 9.84 Å². The van der Waals surface area contributed by atoms with Gasteiger partial charge in [-0.2, -0.15) is 0 Å². The van der Waals surface area contributed by atoms with Gasteiger partial charge in [0.1, 0.15) is 11.9 Å². The molecule has 1 aromatic carbocycles. The van der Waals surface area contributed by atoms with Crippen molar-refractivity contribution in [1.82, 2.24) is 0 Å². The van der Waals surface area contributed by atoms with Crippen LogP contribution in [0.25, 0.3) is 0 Å². The summed E-state index contributed by atoms with van der Waals surface area (Å²) in [7, 11) is 0. The van der Waals surface area contributed by atoms with E-state index >= 15 is 0 Å². The van der Waals surface area contributed by atoms with Crippen molar-refractivity contribution in [3.05, 3.63) is 28.2 Å². The van der Waals surface area contributed by atoms with Crippen LogP contribution in [0.1, 0.15) is 11.6 Å². The van der Waals surface area contributed by atoms with Gasteiger partial charge in [-0.1, -0.05) is 22.0 Å². The summed E-state index contributed by atoms with van der Waals surface area (Å²) in [5.74, 6) is 0.765. The van der Waals surface area contributed by atoms with E-state index in [1.165, 1.54) is 0 Å². The van der Waals surface area contributed by atoms with E-state index in [-0.39, 0.29) is 18.8 Å². The lowest BCUT2D eigenvalue weighted by Gasteiger charge is -2.10. The van der Waals surface area contributed by atoms with E-state index < -0.39 is 0 Å². The fourth-order valence-electron chi connectivity index (χ4n) is 1.47. The highest BCUT2D eigenvalue weighted by atomic mass is 79.9. The van der Waals surface area contributed by atoms with Crippen molar-refractivity contribution in [3.63, 3.8) is 0 Å². The fraction of sp³-hybridized carbons (Fsp3) is 0.333. The van der Waals surface area contributed by atoms with Gasteiger partial charge >= 0.3 is 0 Å². The first-order chi connectivity index (χ1) is 6.22. The van der Waals surface area contributed by atoms with Crippen LogP contribution in [0.5, 0.6) is 5.75 Å². The molecule has 2 unspecified atom stereocenters. The summed E-state index contributed by atoms with van der Waals surface area (Å²) in [6.07, 6.45) is -0.302. The molecule has 70 valence electrons. The molecular formula is C9H10BrNO2. The maximum atomic E-state index is 8.96. The third-order valence-corrected chi connectivity index (χ3v) is 2.69. The molecule has 0 saturated carbocycles. The molecule has 0 saturated heterocycles. The number of rotatable bonds is 1. The van der Waals surface area contributed by atoms with Crippen LogP contribution in [0.3, 0.4) is 0 Å². The third-order valence-electron chi connectivity index (χ3n) is 2.19. The Morgan fingerprint density at radius 2 is 2.31 bits per heavy atom. The second-order valence-electron chi connectivity index (χ2n) is 3.05. The summed E-state index contributed by atoms with van der Waals surface area (Å²) < 4.78 is 6.40. The molecule has 2 atom stereocenters. The molecule has 3 N–H and O–H groups in total. The van der Waals surface area contributed by atoms with Crippen LogP contribution >= 0.6 is 15.9 Å². The Bertz CT molecular complexity index is 329. The molecule has 0 aliphatic carbocycles. The molecule has 0 aromatic heterocycles. The van der Waals surface area contributed by atoms with Crippen molar-refractivity contribution >= 4 is 15.9 Å². The first-order valence-corrected chi connectivity index (χ1v) is 4.84. The molecule has 1 aliphatic heterocycles. The smallest absolute Gasteiger partial charge is 0.141 e. The highest BCUT2D eigenvalue weighted by Gasteiger charge is 2.30. The lowest BCUT2D eigenvalue weighted by Crippen LogP contribution is -2.28. The summed E-state index contributed by atoms with van der Waals surface area (Å²) in [6, 6.07) is 5.49. The number of ether oxygens (including phenoxy) is 1. The minimum atomic E-state index is -0.302. The Kier molecular flexibility index (Phi) is 2.27. The topological polar surface area (TPSA) is 55.5 Å². The molecule has 1 heterocycles. The number of halogens is 1. The second kappa shape index (κ2) is 3.29. The number of fused-ring (bicyclic) bond motifs is 1. The van der Waals surface area contributed by atoms with Crippen LogP contribution in [0.15, 0.2) is 22.7 Å². The minimum absolute atomic E-state index is 0.0481. The van der Waals surface area contributed by atoms with Gasteiger partial charge in [-0.05, 0) is 12.1 Å². The Morgan fingerprint density at radius 3 is 3.00 bits per heavy atom. The highest BCUT2D eigenvalue weighted by molar-refractivity contribution is 9.10. The number of benzene rings is 1. The molecule has 1 aromatic rings. The predicted molar refractivity (Wildman–Crippen MR) is 52.6 cm³/mol. The summed E-state index contributed by atoms with van der Waals surface area (Å²) in [5.41, 5.74) is 6.81. The van der Waals surface area contributed by atoms with Crippen molar-refractivity contribution in [2.24, 2.45) is 5.73 Å².